The van der Waals surface area contributed by atoms with Crippen molar-refractivity contribution in [2.24, 2.45) is 0 Å². The number of hydrogen-bond donors (Lipinski definition) is 1. The maximum Gasteiger partial charge on any atom is 0.123 e. The van der Waals surface area contributed by atoms with E-state index in [9.17, 15) is 4.39 Å². The molecule has 112 valence electrons. The summed E-state index contributed by atoms with van der Waals surface area (Å²) in [5, 5.41) is 3.99. The summed E-state index contributed by atoms with van der Waals surface area (Å²) in [6, 6.07) is 12.8. The molecule has 2 rings (SSSR count). The van der Waals surface area contributed by atoms with Crippen LogP contribution in [-0.4, -0.2) is 13.1 Å². The highest BCUT2D eigenvalue weighted by Crippen LogP contribution is 2.26. The van der Waals surface area contributed by atoms with E-state index in [2.05, 4.69) is 40.3 Å². The number of likely N-dealkylation sites (N-methyl/N-ethyl adjacent to an activating group) is 1. The van der Waals surface area contributed by atoms with Crippen LogP contribution in [0.3, 0.4) is 0 Å². The van der Waals surface area contributed by atoms with Crippen molar-refractivity contribution >= 4 is 27.5 Å². The summed E-state index contributed by atoms with van der Waals surface area (Å²) in [6.07, 6.45) is 0.714. The Balaban J connectivity index is 2.23. The molecule has 0 bridgehead atoms. The minimum Gasteiger partial charge on any atom is -0.316 e. The molecule has 0 heterocycles. The molecule has 0 amide bonds. The minimum atomic E-state index is -0.243. The highest BCUT2D eigenvalue weighted by molar-refractivity contribution is 9.10. The van der Waals surface area contributed by atoms with E-state index in [1.165, 1.54) is 17.7 Å². The van der Waals surface area contributed by atoms with E-state index in [0.29, 0.717) is 11.4 Å². The van der Waals surface area contributed by atoms with Gasteiger partial charge in [-0.2, -0.15) is 0 Å². The van der Waals surface area contributed by atoms with Crippen molar-refractivity contribution in [1.82, 2.24) is 5.32 Å². The van der Waals surface area contributed by atoms with E-state index in [-0.39, 0.29) is 11.7 Å². The number of benzene rings is 2. The fraction of sp³-hybridized carbons (Fsp3) is 0.294. The first kappa shape index (κ1) is 16.5. The summed E-state index contributed by atoms with van der Waals surface area (Å²) in [7, 11) is 0. The maximum absolute atomic E-state index is 13.4. The molecule has 0 aliphatic carbocycles. The van der Waals surface area contributed by atoms with Gasteiger partial charge < -0.3 is 5.32 Å². The molecule has 0 saturated carbocycles. The number of halogens is 3. The van der Waals surface area contributed by atoms with Gasteiger partial charge in [-0.15, -0.1) is 0 Å². The fourth-order valence-corrected chi connectivity index (χ4v) is 2.79. The molecular formula is C17H18BrClFN. The number of rotatable bonds is 6. The summed E-state index contributed by atoms with van der Waals surface area (Å²) >= 11 is 9.64. The average Bonchev–Trinajstić information content (AvgIpc) is 2.48. The number of hydrogen-bond acceptors (Lipinski definition) is 1. The smallest absolute Gasteiger partial charge is 0.123 e. The third-order valence-corrected chi connectivity index (χ3v) is 4.35. The Labute approximate surface area is 138 Å². The first-order valence-corrected chi connectivity index (χ1v) is 8.17. The van der Waals surface area contributed by atoms with Crippen LogP contribution in [0.4, 0.5) is 4.39 Å². The molecule has 1 atom stereocenters. The molecule has 0 spiro atoms. The zero-order valence-electron chi connectivity index (χ0n) is 11.9. The molecule has 1 nitrogen and oxygen atoms in total. The molecule has 0 saturated heterocycles. The highest BCUT2D eigenvalue weighted by atomic mass is 79.9. The lowest BCUT2D eigenvalue weighted by Crippen LogP contribution is -2.22. The second-order valence-corrected chi connectivity index (χ2v) is 6.32. The molecule has 1 unspecified atom stereocenters. The van der Waals surface area contributed by atoms with Gasteiger partial charge in [-0.3, -0.25) is 0 Å². The normalized spacial score (nSPS) is 12.4. The molecular weight excluding hydrogens is 353 g/mol. The molecule has 21 heavy (non-hydrogen) atoms. The predicted octanol–water partition coefficient (Wildman–Crippen LogP) is 5.18. The van der Waals surface area contributed by atoms with E-state index in [0.717, 1.165) is 23.1 Å². The minimum absolute atomic E-state index is 0.243. The summed E-state index contributed by atoms with van der Waals surface area (Å²) in [5.41, 5.74) is 2.07. The van der Waals surface area contributed by atoms with Gasteiger partial charge in [-0.1, -0.05) is 46.6 Å². The molecule has 0 aromatic heterocycles. The van der Waals surface area contributed by atoms with Gasteiger partial charge in [0, 0.05) is 22.0 Å². The van der Waals surface area contributed by atoms with Crippen LogP contribution in [0.25, 0.3) is 0 Å². The van der Waals surface area contributed by atoms with Crippen LogP contribution < -0.4 is 5.32 Å². The third kappa shape index (κ3) is 4.80. The van der Waals surface area contributed by atoms with Crippen LogP contribution in [-0.2, 0) is 6.42 Å². The standard InChI is InChI=1S/C17H18BrClFN/c1-2-21-11-14(12-3-5-15(18)6-4-12)9-13-10-16(20)7-8-17(13)19/h3-8,10,14,21H,2,9,11H2,1H3. The predicted molar refractivity (Wildman–Crippen MR) is 90.5 cm³/mol. The molecule has 0 fully saturated rings. The summed E-state index contributed by atoms with van der Waals surface area (Å²) < 4.78 is 14.5. The average molecular weight is 371 g/mol. The first-order chi connectivity index (χ1) is 10.1. The number of nitrogens with one attached hydrogen (secondary N) is 1. The zero-order chi connectivity index (χ0) is 15.2. The summed E-state index contributed by atoms with van der Waals surface area (Å²) in [4.78, 5) is 0. The van der Waals surface area contributed by atoms with Gasteiger partial charge in [0.05, 0.1) is 0 Å². The van der Waals surface area contributed by atoms with Crippen LogP contribution in [0.15, 0.2) is 46.9 Å². The van der Waals surface area contributed by atoms with Gasteiger partial charge in [0.1, 0.15) is 5.82 Å². The van der Waals surface area contributed by atoms with Crippen LogP contribution >= 0.6 is 27.5 Å². The van der Waals surface area contributed by atoms with Crippen molar-refractivity contribution < 1.29 is 4.39 Å². The second-order valence-electron chi connectivity index (χ2n) is 5.00. The topological polar surface area (TPSA) is 12.0 Å². The van der Waals surface area contributed by atoms with E-state index < -0.39 is 0 Å². The van der Waals surface area contributed by atoms with Crippen LogP contribution in [0.2, 0.25) is 5.02 Å². The third-order valence-electron chi connectivity index (χ3n) is 3.46. The van der Waals surface area contributed by atoms with Crippen molar-refractivity contribution in [2.75, 3.05) is 13.1 Å². The van der Waals surface area contributed by atoms with Gasteiger partial charge in [0.25, 0.3) is 0 Å². The lowest BCUT2D eigenvalue weighted by Gasteiger charge is -2.19. The molecule has 0 aliphatic rings. The molecule has 2 aromatic carbocycles. The van der Waals surface area contributed by atoms with Crippen molar-refractivity contribution in [3.63, 3.8) is 0 Å². The Kier molecular flexibility index (Phi) is 6.22. The fourth-order valence-electron chi connectivity index (χ4n) is 2.33. The monoisotopic (exact) mass is 369 g/mol. The Morgan fingerprint density at radius 1 is 1.19 bits per heavy atom. The van der Waals surface area contributed by atoms with Crippen LogP contribution in [0.5, 0.6) is 0 Å². The lowest BCUT2D eigenvalue weighted by molar-refractivity contribution is 0.588. The van der Waals surface area contributed by atoms with Crippen molar-refractivity contribution in [2.45, 2.75) is 19.3 Å². The van der Waals surface area contributed by atoms with E-state index >= 15 is 0 Å². The summed E-state index contributed by atoms with van der Waals surface area (Å²) in [5.74, 6) is 0.0183. The Morgan fingerprint density at radius 3 is 2.57 bits per heavy atom. The van der Waals surface area contributed by atoms with Crippen molar-refractivity contribution in [1.29, 1.82) is 0 Å². The van der Waals surface area contributed by atoms with Gasteiger partial charge >= 0.3 is 0 Å². The molecule has 4 heteroatoms. The Morgan fingerprint density at radius 2 is 1.90 bits per heavy atom. The van der Waals surface area contributed by atoms with Gasteiger partial charge in [-0.05, 0) is 54.4 Å². The van der Waals surface area contributed by atoms with Gasteiger partial charge in [-0.25, -0.2) is 4.39 Å². The van der Waals surface area contributed by atoms with Crippen molar-refractivity contribution in [3.8, 4) is 0 Å². The highest BCUT2D eigenvalue weighted by Gasteiger charge is 2.14. The maximum atomic E-state index is 13.4. The molecule has 0 radical (unpaired) electrons. The largest absolute Gasteiger partial charge is 0.316 e. The van der Waals surface area contributed by atoms with E-state index in [4.69, 9.17) is 11.6 Å². The second kappa shape index (κ2) is 7.92. The quantitative estimate of drug-likeness (QED) is 0.739. The Bertz CT molecular complexity index is 586. The SMILES string of the molecule is CCNCC(Cc1cc(F)ccc1Cl)c1ccc(Br)cc1. The van der Waals surface area contributed by atoms with Crippen LogP contribution in [0.1, 0.15) is 24.0 Å². The molecule has 2 aromatic rings. The first-order valence-electron chi connectivity index (χ1n) is 7.00. The zero-order valence-corrected chi connectivity index (χ0v) is 14.2. The van der Waals surface area contributed by atoms with Gasteiger partial charge in [0.15, 0.2) is 0 Å². The lowest BCUT2D eigenvalue weighted by atomic mass is 9.92. The molecule has 1 N–H and O–H groups in total. The van der Waals surface area contributed by atoms with E-state index in [1.807, 2.05) is 12.1 Å². The van der Waals surface area contributed by atoms with Crippen LogP contribution in [0, 0.1) is 5.82 Å². The van der Waals surface area contributed by atoms with Gasteiger partial charge in [0.2, 0.25) is 0 Å². The van der Waals surface area contributed by atoms with E-state index in [1.54, 1.807) is 6.07 Å². The Hall–Kier alpha value is -0.900. The summed E-state index contributed by atoms with van der Waals surface area (Å²) in [6.45, 7) is 3.82. The van der Waals surface area contributed by atoms with Crippen molar-refractivity contribution in [3.05, 3.63) is 68.9 Å². The molecule has 0 aliphatic heterocycles.